The Morgan fingerprint density at radius 2 is 1.82 bits per heavy atom. The highest BCUT2D eigenvalue weighted by Gasteiger charge is 2.10. The van der Waals surface area contributed by atoms with E-state index in [2.05, 4.69) is 0 Å². The highest BCUT2D eigenvalue weighted by atomic mass is 16.6. The van der Waals surface area contributed by atoms with E-state index < -0.39 is 4.92 Å². The molecule has 1 aromatic rings. The predicted octanol–water partition coefficient (Wildman–Crippen LogP) is 2.51. The summed E-state index contributed by atoms with van der Waals surface area (Å²) in [6.07, 6.45) is 3.07. The number of benzene rings is 1. The van der Waals surface area contributed by atoms with Gasteiger partial charge in [0, 0.05) is 11.6 Å². The van der Waals surface area contributed by atoms with Crippen LogP contribution >= 0.6 is 0 Å². The third kappa shape index (κ3) is 3.21. The molecule has 0 atom stereocenters. The molecule has 0 fully saturated rings. The standard InChI is InChI=1S/C12H15NO4/c1-4-10-11(16-2)7-9(5-6-13(14)15)8-12(10)17-3/h5-8H,4H2,1-3H3. The molecule has 0 saturated carbocycles. The number of ether oxygens (including phenoxy) is 2. The Labute approximate surface area is 99.8 Å². The van der Waals surface area contributed by atoms with Crippen molar-refractivity contribution in [2.75, 3.05) is 14.2 Å². The Balaban J connectivity index is 3.22. The van der Waals surface area contributed by atoms with Gasteiger partial charge in [0.15, 0.2) is 0 Å². The molecule has 0 amide bonds. The van der Waals surface area contributed by atoms with Gasteiger partial charge in [-0.3, -0.25) is 10.1 Å². The van der Waals surface area contributed by atoms with Gasteiger partial charge in [0.2, 0.25) is 6.20 Å². The van der Waals surface area contributed by atoms with Gasteiger partial charge >= 0.3 is 0 Å². The molecule has 0 saturated heterocycles. The Bertz CT molecular complexity index is 415. The average Bonchev–Trinajstić information content (AvgIpc) is 2.34. The van der Waals surface area contributed by atoms with Gasteiger partial charge < -0.3 is 9.47 Å². The molecule has 0 N–H and O–H groups in total. The Morgan fingerprint density at radius 1 is 1.29 bits per heavy atom. The normalized spacial score (nSPS) is 10.5. The summed E-state index contributed by atoms with van der Waals surface area (Å²) in [5, 5.41) is 10.3. The molecule has 0 aliphatic rings. The minimum atomic E-state index is -0.507. The maximum absolute atomic E-state index is 10.3. The molecule has 5 nitrogen and oxygen atoms in total. The molecule has 17 heavy (non-hydrogen) atoms. The SMILES string of the molecule is CCc1c(OC)cc(C=C[N+](=O)[O-])cc1OC. The Kier molecular flexibility index (Phi) is 4.51. The van der Waals surface area contributed by atoms with E-state index in [1.165, 1.54) is 6.08 Å². The molecule has 0 unspecified atom stereocenters. The molecule has 0 bridgehead atoms. The molecule has 0 heterocycles. The maximum Gasteiger partial charge on any atom is 0.235 e. The number of nitrogens with zero attached hydrogens (tertiary/aromatic N) is 1. The van der Waals surface area contributed by atoms with Crippen LogP contribution in [0, 0.1) is 10.1 Å². The van der Waals surface area contributed by atoms with E-state index in [4.69, 9.17) is 9.47 Å². The summed E-state index contributed by atoms with van der Waals surface area (Å²) in [7, 11) is 3.13. The van der Waals surface area contributed by atoms with Crippen LogP contribution in [0.5, 0.6) is 11.5 Å². The number of nitro groups is 1. The molecular weight excluding hydrogens is 222 g/mol. The molecule has 1 rings (SSSR count). The summed E-state index contributed by atoms with van der Waals surface area (Å²) >= 11 is 0. The lowest BCUT2D eigenvalue weighted by atomic mass is 10.1. The summed E-state index contributed by atoms with van der Waals surface area (Å²) in [6.45, 7) is 1.99. The zero-order valence-corrected chi connectivity index (χ0v) is 10.1. The van der Waals surface area contributed by atoms with Crippen LogP contribution in [0.15, 0.2) is 18.3 Å². The van der Waals surface area contributed by atoms with Crippen LogP contribution in [0.4, 0.5) is 0 Å². The van der Waals surface area contributed by atoms with Crippen molar-refractivity contribution in [2.24, 2.45) is 0 Å². The molecule has 0 aliphatic heterocycles. The Hall–Kier alpha value is -2.04. The average molecular weight is 237 g/mol. The summed E-state index contributed by atoms with van der Waals surface area (Å²) in [5.41, 5.74) is 1.63. The van der Waals surface area contributed by atoms with E-state index >= 15 is 0 Å². The number of hydrogen-bond donors (Lipinski definition) is 0. The Morgan fingerprint density at radius 3 is 2.18 bits per heavy atom. The smallest absolute Gasteiger partial charge is 0.235 e. The maximum atomic E-state index is 10.3. The number of hydrogen-bond acceptors (Lipinski definition) is 4. The van der Waals surface area contributed by atoms with Crippen molar-refractivity contribution >= 4 is 6.08 Å². The van der Waals surface area contributed by atoms with Gasteiger partial charge in [-0.1, -0.05) is 6.92 Å². The third-order valence-corrected chi connectivity index (χ3v) is 2.37. The second-order valence-corrected chi connectivity index (χ2v) is 3.36. The van der Waals surface area contributed by atoms with Crippen LogP contribution in [0.25, 0.3) is 6.08 Å². The summed E-state index contributed by atoms with van der Waals surface area (Å²) in [6, 6.07) is 3.50. The van der Waals surface area contributed by atoms with Crippen molar-refractivity contribution in [3.63, 3.8) is 0 Å². The first kappa shape index (κ1) is 13.0. The van der Waals surface area contributed by atoms with Gasteiger partial charge in [0.05, 0.1) is 19.1 Å². The van der Waals surface area contributed by atoms with E-state index in [-0.39, 0.29) is 0 Å². The first-order chi connectivity index (χ1) is 8.12. The molecular formula is C12H15NO4. The molecule has 92 valence electrons. The largest absolute Gasteiger partial charge is 0.496 e. The van der Waals surface area contributed by atoms with Gasteiger partial charge in [-0.2, -0.15) is 0 Å². The zero-order chi connectivity index (χ0) is 12.8. The quantitative estimate of drug-likeness (QED) is 0.583. The minimum Gasteiger partial charge on any atom is -0.496 e. The first-order valence-electron chi connectivity index (χ1n) is 5.19. The van der Waals surface area contributed by atoms with Crippen molar-refractivity contribution in [1.29, 1.82) is 0 Å². The minimum absolute atomic E-state index is 0.507. The molecule has 5 heteroatoms. The second-order valence-electron chi connectivity index (χ2n) is 3.36. The summed E-state index contributed by atoms with van der Waals surface area (Å²) in [4.78, 5) is 9.75. The second kappa shape index (κ2) is 5.89. The van der Waals surface area contributed by atoms with Crippen molar-refractivity contribution in [3.8, 4) is 11.5 Å². The van der Waals surface area contributed by atoms with Crippen LogP contribution in [0.3, 0.4) is 0 Å². The van der Waals surface area contributed by atoms with E-state index in [9.17, 15) is 10.1 Å². The molecule has 0 spiro atoms. The van der Waals surface area contributed by atoms with E-state index in [0.29, 0.717) is 17.1 Å². The van der Waals surface area contributed by atoms with Crippen molar-refractivity contribution in [3.05, 3.63) is 39.6 Å². The predicted molar refractivity (Wildman–Crippen MR) is 65.0 cm³/mol. The first-order valence-corrected chi connectivity index (χ1v) is 5.19. The van der Waals surface area contributed by atoms with E-state index in [0.717, 1.165) is 18.2 Å². The van der Waals surface area contributed by atoms with Gasteiger partial charge in [0.1, 0.15) is 11.5 Å². The van der Waals surface area contributed by atoms with Crippen LogP contribution in [0.2, 0.25) is 0 Å². The van der Waals surface area contributed by atoms with Gasteiger partial charge in [-0.25, -0.2) is 0 Å². The molecule has 0 radical (unpaired) electrons. The fraction of sp³-hybridized carbons (Fsp3) is 0.333. The summed E-state index contributed by atoms with van der Waals surface area (Å²) < 4.78 is 10.5. The van der Waals surface area contributed by atoms with E-state index in [1.54, 1.807) is 26.4 Å². The van der Waals surface area contributed by atoms with E-state index in [1.807, 2.05) is 6.92 Å². The van der Waals surface area contributed by atoms with Gasteiger partial charge in [0.25, 0.3) is 0 Å². The van der Waals surface area contributed by atoms with Crippen LogP contribution in [0.1, 0.15) is 18.1 Å². The van der Waals surface area contributed by atoms with Crippen molar-refractivity contribution < 1.29 is 14.4 Å². The highest BCUT2D eigenvalue weighted by Crippen LogP contribution is 2.31. The summed E-state index contributed by atoms with van der Waals surface area (Å²) in [5.74, 6) is 1.35. The lowest BCUT2D eigenvalue weighted by molar-refractivity contribution is -0.400. The highest BCUT2D eigenvalue weighted by molar-refractivity contribution is 5.58. The number of rotatable bonds is 5. The molecule has 0 aromatic heterocycles. The van der Waals surface area contributed by atoms with Crippen molar-refractivity contribution in [1.82, 2.24) is 0 Å². The van der Waals surface area contributed by atoms with Gasteiger partial charge in [-0.15, -0.1) is 0 Å². The number of methoxy groups -OCH3 is 2. The van der Waals surface area contributed by atoms with Crippen LogP contribution in [-0.2, 0) is 6.42 Å². The molecule has 0 aliphatic carbocycles. The lowest BCUT2D eigenvalue weighted by Crippen LogP contribution is -1.96. The monoisotopic (exact) mass is 237 g/mol. The van der Waals surface area contributed by atoms with Crippen LogP contribution < -0.4 is 9.47 Å². The fourth-order valence-corrected chi connectivity index (χ4v) is 1.60. The fourth-order valence-electron chi connectivity index (χ4n) is 1.60. The van der Waals surface area contributed by atoms with Gasteiger partial charge in [-0.05, 0) is 24.1 Å². The lowest BCUT2D eigenvalue weighted by Gasteiger charge is -2.12. The topological polar surface area (TPSA) is 61.6 Å². The third-order valence-electron chi connectivity index (χ3n) is 2.37. The molecule has 1 aromatic carbocycles. The van der Waals surface area contributed by atoms with Crippen molar-refractivity contribution in [2.45, 2.75) is 13.3 Å². The zero-order valence-electron chi connectivity index (χ0n) is 10.1. The van der Waals surface area contributed by atoms with Crippen LogP contribution in [-0.4, -0.2) is 19.1 Å².